The van der Waals surface area contributed by atoms with Crippen molar-refractivity contribution in [2.24, 2.45) is 17.6 Å². The van der Waals surface area contributed by atoms with E-state index in [-0.39, 0.29) is 5.54 Å². The molecule has 0 aliphatic heterocycles. The van der Waals surface area contributed by atoms with Gasteiger partial charge in [-0.05, 0) is 24.7 Å². The highest BCUT2D eigenvalue weighted by atomic mass is 16.1. The van der Waals surface area contributed by atoms with Gasteiger partial charge in [-0.2, -0.15) is 0 Å². The summed E-state index contributed by atoms with van der Waals surface area (Å²) >= 11 is 0. The van der Waals surface area contributed by atoms with Gasteiger partial charge in [0.1, 0.15) is 6.29 Å². The van der Waals surface area contributed by atoms with Gasteiger partial charge >= 0.3 is 0 Å². The Morgan fingerprint density at radius 3 is 2.33 bits per heavy atom. The van der Waals surface area contributed by atoms with Crippen LogP contribution in [0.15, 0.2) is 0 Å². The van der Waals surface area contributed by atoms with Crippen molar-refractivity contribution < 1.29 is 4.79 Å². The van der Waals surface area contributed by atoms with Crippen LogP contribution in [0.2, 0.25) is 0 Å². The van der Waals surface area contributed by atoms with Crippen LogP contribution < -0.4 is 5.73 Å². The third kappa shape index (κ3) is 0.472. The van der Waals surface area contributed by atoms with E-state index in [0.717, 1.165) is 6.29 Å². The second-order valence-electron chi connectivity index (χ2n) is 3.26. The Morgan fingerprint density at radius 1 is 1.44 bits per heavy atom. The summed E-state index contributed by atoms with van der Waals surface area (Å²) < 4.78 is 0. The number of hydrogen-bond donors (Lipinski definition) is 1. The third-order valence-electron chi connectivity index (χ3n) is 2.90. The summed E-state index contributed by atoms with van der Waals surface area (Å²) in [7, 11) is 0. The molecule has 0 saturated heterocycles. The number of fused-ring (bicyclic) bond motifs is 1. The molecule has 0 spiro atoms. The first-order chi connectivity index (χ1) is 4.29. The number of aldehydes is 1. The number of carbonyl (C=O) groups is 1. The fraction of sp³-hybridized carbons (Fsp3) is 0.857. The van der Waals surface area contributed by atoms with Gasteiger partial charge in [0, 0.05) is 0 Å². The largest absolute Gasteiger partial charge is 0.319 e. The third-order valence-corrected chi connectivity index (χ3v) is 2.90. The maximum Gasteiger partial charge on any atom is 0.140 e. The summed E-state index contributed by atoms with van der Waals surface area (Å²) in [5.74, 6) is 1.10. The maximum absolute atomic E-state index is 10.4. The smallest absolute Gasteiger partial charge is 0.140 e. The van der Waals surface area contributed by atoms with Gasteiger partial charge in [0.2, 0.25) is 0 Å². The number of hydrogen-bond acceptors (Lipinski definition) is 2. The van der Waals surface area contributed by atoms with Crippen LogP contribution in [-0.2, 0) is 4.79 Å². The highest BCUT2D eigenvalue weighted by Crippen LogP contribution is 2.57. The molecule has 2 aliphatic carbocycles. The Labute approximate surface area is 54.4 Å². The zero-order valence-electron chi connectivity index (χ0n) is 5.34. The van der Waals surface area contributed by atoms with Crippen LogP contribution in [0.5, 0.6) is 0 Å². The predicted octanol–water partition coefficient (Wildman–Crippen LogP) is 0.313. The van der Waals surface area contributed by atoms with Gasteiger partial charge < -0.3 is 10.5 Å². The van der Waals surface area contributed by atoms with E-state index < -0.39 is 0 Å². The van der Waals surface area contributed by atoms with Crippen molar-refractivity contribution in [2.45, 2.75) is 24.8 Å². The van der Waals surface area contributed by atoms with Crippen molar-refractivity contribution in [1.29, 1.82) is 0 Å². The average Bonchev–Trinajstić information content (AvgIpc) is 2.39. The molecule has 2 fully saturated rings. The highest BCUT2D eigenvalue weighted by molar-refractivity contribution is 5.71. The Hall–Kier alpha value is -0.370. The molecule has 2 unspecified atom stereocenters. The van der Waals surface area contributed by atoms with Crippen LogP contribution in [0.3, 0.4) is 0 Å². The molecule has 2 nitrogen and oxygen atoms in total. The van der Waals surface area contributed by atoms with Crippen molar-refractivity contribution >= 4 is 6.29 Å². The molecule has 50 valence electrons. The monoisotopic (exact) mass is 125 g/mol. The molecular weight excluding hydrogens is 114 g/mol. The van der Waals surface area contributed by atoms with Gasteiger partial charge in [0.25, 0.3) is 0 Å². The maximum atomic E-state index is 10.4. The molecule has 0 aromatic rings. The molecule has 2 atom stereocenters. The first-order valence-corrected chi connectivity index (χ1v) is 3.54. The van der Waals surface area contributed by atoms with Gasteiger partial charge in [0.05, 0.1) is 5.54 Å². The minimum absolute atomic E-state index is 0.377. The first-order valence-electron chi connectivity index (χ1n) is 3.54. The van der Waals surface area contributed by atoms with E-state index in [4.69, 9.17) is 5.73 Å². The van der Waals surface area contributed by atoms with Crippen LogP contribution in [-0.4, -0.2) is 11.8 Å². The van der Waals surface area contributed by atoms with E-state index in [1.165, 1.54) is 19.3 Å². The van der Waals surface area contributed by atoms with E-state index in [1.807, 2.05) is 0 Å². The Bertz CT molecular complexity index is 145. The zero-order chi connectivity index (χ0) is 6.48. The number of nitrogens with two attached hydrogens (primary N) is 1. The molecule has 2 saturated carbocycles. The molecule has 2 heteroatoms. The van der Waals surface area contributed by atoms with Crippen molar-refractivity contribution in [3.63, 3.8) is 0 Å². The topological polar surface area (TPSA) is 43.1 Å². The average molecular weight is 125 g/mol. The summed E-state index contributed by atoms with van der Waals surface area (Å²) in [4.78, 5) is 10.4. The van der Waals surface area contributed by atoms with Crippen molar-refractivity contribution in [3.05, 3.63) is 0 Å². The fourth-order valence-electron chi connectivity index (χ4n) is 2.22. The first kappa shape index (κ1) is 5.42. The van der Waals surface area contributed by atoms with Crippen LogP contribution in [0.1, 0.15) is 19.3 Å². The summed E-state index contributed by atoms with van der Waals surface area (Å²) in [5, 5.41) is 0. The van der Waals surface area contributed by atoms with E-state index in [0.29, 0.717) is 11.8 Å². The summed E-state index contributed by atoms with van der Waals surface area (Å²) in [6, 6.07) is 0. The Balaban J connectivity index is 2.15. The lowest BCUT2D eigenvalue weighted by Gasteiger charge is -2.03. The van der Waals surface area contributed by atoms with Crippen LogP contribution in [0.25, 0.3) is 0 Å². The second kappa shape index (κ2) is 1.37. The normalized spacial score (nSPS) is 54.8. The van der Waals surface area contributed by atoms with E-state index in [9.17, 15) is 4.79 Å². The molecular formula is C7H11NO. The molecule has 2 aliphatic rings. The molecule has 0 amide bonds. The lowest BCUT2D eigenvalue weighted by Crippen LogP contribution is -2.29. The molecule has 0 aromatic carbocycles. The highest BCUT2D eigenvalue weighted by Gasteiger charge is 2.63. The van der Waals surface area contributed by atoms with E-state index in [2.05, 4.69) is 0 Å². The number of rotatable bonds is 1. The van der Waals surface area contributed by atoms with Gasteiger partial charge in [-0.25, -0.2) is 0 Å². The molecule has 2 rings (SSSR count). The van der Waals surface area contributed by atoms with Crippen LogP contribution >= 0.6 is 0 Å². The van der Waals surface area contributed by atoms with Gasteiger partial charge in [-0.1, -0.05) is 6.42 Å². The minimum Gasteiger partial charge on any atom is -0.319 e. The lowest BCUT2D eigenvalue weighted by atomic mass is 10.1. The lowest BCUT2D eigenvalue weighted by molar-refractivity contribution is -0.110. The van der Waals surface area contributed by atoms with Crippen LogP contribution in [0.4, 0.5) is 0 Å². The van der Waals surface area contributed by atoms with Crippen molar-refractivity contribution in [2.75, 3.05) is 0 Å². The summed E-state index contributed by atoms with van der Waals surface area (Å²) in [5.41, 5.74) is 5.35. The predicted molar refractivity (Wildman–Crippen MR) is 33.8 cm³/mol. The zero-order valence-corrected chi connectivity index (χ0v) is 5.34. The number of carbonyl (C=O) groups excluding carboxylic acids is 1. The quantitative estimate of drug-likeness (QED) is 0.512. The van der Waals surface area contributed by atoms with Gasteiger partial charge in [-0.15, -0.1) is 0 Å². The van der Waals surface area contributed by atoms with Gasteiger partial charge in [-0.3, -0.25) is 0 Å². The fourth-order valence-corrected chi connectivity index (χ4v) is 2.22. The second-order valence-corrected chi connectivity index (χ2v) is 3.26. The Morgan fingerprint density at radius 2 is 2.00 bits per heavy atom. The molecule has 2 N–H and O–H groups in total. The summed E-state index contributed by atoms with van der Waals surface area (Å²) in [6.45, 7) is 0. The van der Waals surface area contributed by atoms with Crippen LogP contribution in [0, 0.1) is 11.8 Å². The molecule has 0 radical (unpaired) electrons. The molecule has 9 heavy (non-hydrogen) atoms. The van der Waals surface area contributed by atoms with E-state index in [1.54, 1.807) is 0 Å². The minimum atomic E-state index is -0.377. The summed E-state index contributed by atoms with van der Waals surface area (Å²) in [6.07, 6.45) is 4.59. The molecule has 0 aromatic heterocycles. The van der Waals surface area contributed by atoms with Crippen molar-refractivity contribution in [3.8, 4) is 0 Å². The van der Waals surface area contributed by atoms with E-state index >= 15 is 0 Å². The SMILES string of the molecule is NC1(C=O)C2CCCC21. The molecule has 0 bridgehead atoms. The standard InChI is InChI=1S/C7H11NO/c8-7(4-9)5-2-1-3-6(5)7/h4-6H,1-3,8H2. The van der Waals surface area contributed by atoms with Gasteiger partial charge in [0.15, 0.2) is 0 Å². The van der Waals surface area contributed by atoms with Crippen molar-refractivity contribution in [1.82, 2.24) is 0 Å². The molecule has 0 heterocycles. The Kier molecular flexibility index (Phi) is 0.826.